The Morgan fingerprint density at radius 2 is 1.77 bits per heavy atom. The van der Waals surface area contributed by atoms with Gasteiger partial charge in [0.05, 0.1) is 24.6 Å². The van der Waals surface area contributed by atoms with E-state index in [1.54, 1.807) is 30.7 Å². The number of ether oxygens (including phenoxy) is 1. The number of rotatable bonds is 5. The van der Waals surface area contributed by atoms with Gasteiger partial charge in [0.15, 0.2) is 0 Å². The van der Waals surface area contributed by atoms with Crippen molar-refractivity contribution in [2.75, 3.05) is 36.5 Å². The van der Waals surface area contributed by atoms with Gasteiger partial charge in [-0.15, -0.1) is 0 Å². The summed E-state index contributed by atoms with van der Waals surface area (Å²) in [6.07, 6.45) is 8.81. The van der Waals surface area contributed by atoms with E-state index in [0.29, 0.717) is 19.2 Å². The molecule has 5 aromatic rings. The molecule has 6 rings (SSSR count). The first-order chi connectivity index (χ1) is 17.3. The molecule has 0 radical (unpaired) electrons. The molecular formula is C27H23FN6O. The van der Waals surface area contributed by atoms with Gasteiger partial charge in [0.25, 0.3) is 0 Å². The van der Waals surface area contributed by atoms with E-state index >= 15 is 0 Å². The smallest absolute Gasteiger partial charge is 0.227 e. The first kappa shape index (κ1) is 21.2. The van der Waals surface area contributed by atoms with Crippen LogP contribution in [0.15, 0.2) is 79.5 Å². The highest BCUT2D eigenvalue weighted by Crippen LogP contribution is 2.43. The third kappa shape index (κ3) is 4.20. The SMILES string of the molecule is Fc1cc(-c2cc(N3CCOCC3)c(Nc3ncccn3)cc2-c2cccnc2)c2cc[nH]c2c1. The summed E-state index contributed by atoms with van der Waals surface area (Å²) in [4.78, 5) is 18.5. The number of benzene rings is 2. The molecule has 0 amide bonds. The second kappa shape index (κ2) is 9.15. The Kier molecular flexibility index (Phi) is 5.56. The lowest BCUT2D eigenvalue weighted by molar-refractivity contribution is 0.123. The molecule has 35 heavy (non-hydrogen) atoms. The van der Waals surface area contributed by atoms with Crippen molar-refractivity contribution in [3.63, 3.8) is 0 Å². The summed E-state index contributed by atoms with van der Waals surface area (Å²) in [6.45, 7) is 2.78. The van der Waals surface area contributed by atoms with Gasteiger partial charge >= 0.3 is 0 Å². The van der Waals surface area contributed by atoms with Crippen molar-refractivity contribution >= 4 is 28.2 Å². The number of halogens is 1. The third-order valence-corrected chi connectivity index (χ3v) is 6.20. The van der Waals surface area contributed by atoms with E-state index in [1.165, 1.54) is 6.07 Å². The summed E-state index contributed by atoms with van der Waals surface area (Å²) in [5.74, 6) is 0.213. The molecule has 0 atom stereocenters. The van der Waals surface area contributed by atoms with E-state index in [2.05, 4.69) is 42.3 Å². The first-order valence-electron chi connectivity index (χ1n) is 11.5. The lowest BCUT2D eigenvalue weighted by atomic mass is 9.91. The van der Waals surface area contributed by atoms with E-state index in [-0.39, 0.29) is 5.82 Å². The highest BCUT2D eigenvalue weighted by Gasteiger charge is 2.21. The first-order valence-corrected chi connectivity index (χ1v) is 11.5. The van der Waals surface area contributed by atoms with Crippen molar-refractivity contribution < 1.29 is 9.13 Å². The maximum Gasteiger partial charge on any atom is 0.227 e. The average Bonchev–Trinajstić information content (AvgIpc) is 3.38. The monoisotopic (exact) mass is 466 g/mol. The van der Waals surface area contributed by atoms with Crippen molar-refractivity contribution in [3.05, 3.63) is 85.3 Å². The van der Waals surface area contributed by atoms with Crippen LogP contribution in [0.25, 0.3) is 33.2 Å². The van der Waals surface area contributed by atoms with Gasteiger partial charge in [-0.1, -0.05) is 6.07 Å². The van der Waals surface area contributed by atoms with Crippen LogP contribution < -0.4 is 10.2 Å². The maximum absolute atomic E-state index is 14.7. The molecular weight excluding hydrogens is 443 g/mol. The van der Waals surface area contributed by atoms with Gasteiger partial charge in [0.2, 0.25) is 5.95 Å². The van der Waals surface area contributed by atoms with Crippen LogP contribution in [0.4, 0.5) is 21.7 Å². The second-order valence-corrected chi connectivity index (χ2v) is 8.35. The summed E-state index contributed by atoms with van der Waals surface area (Å²) >= 11 is 0. The number of morpholine rings is 1. The lowest BCUT2D eigenvalue weighted by Crippen LogP contribution is -2.36. The molecule has 4 heterocycles. The van der Waals surface area contributed by atoms with Crippen LogP contribution in [-0.2, 0) is 4.74 Å². The fourth-order valence-corrected chi connectivity index (χ4v) is 4.58. The minimum atomic E-state index is -0.292. The van der Waals surface area contributed by atoms with Crippen LogP contribution in [-0.4, -0.2) is 46.2 Å². The predicted octanol–water partition coefficient (Wildman–Crippen LogP) is 5.41. The van der Waals surface area contributed by atoms with Crippen LogP contribution in [0.3, 0.4) is 0 Å². The molecule has 0 saturated carbocycles. The van der Waals surface area contributed by atoms with Gasteiger partial charge in [0.1, 0.15) is 5.82 Å². The fourth-order valence-electron chi connectivity index (χ4n) is 4.58. The van der Waals surface area contributed by atoms with E-state index in [1.807, 2.05) is 30.6 Å². The molecule has 3 aromatic heterocycles. The van der Waals surface area contributed by atoms with E-state index in [9.17, 15) is 4.39 Å². The van der Waals surface area contributed by atoms with Crippen LogP contribution in [0.5, 0.6) is 0 Å². The number of hydrogen-bond acceptors (Lipinski definition) is 6. The van der Waals surface area contributed by atoms with Crippen LogP contribution in [0.1, 0.15) is 0 Å². The number of fused-ring (bicyclic) bond motifs is 1. The van der Waals surface area contributed by atoms with E-state index < -0.39 is 0 Å². The number of aromatic nitrogens is 4. The van der Waals surface area contributed by atoms with Gasteiger partial charge < -0.3 is 19.9 Å². The molecule has 1 fully saturated rings. The van der Waals surface area contributed by atoms with Crippen molar-refractivity contribution in [1.82, 2.24) is 19.9 Å². The van der Waals surface area contributed by atoms with Gasteiger partial charge in [-0.05, 0) is 59.2 Å². The minimum absolute atomic E-state index is 0.292. The highest BCUT2D eigenvalue weighted by molar-refractivity contribution is 6.02. The van der Waals surface area contributed by atoms with Gasteiger partial charge in [-0.3, -0.25) is 4.98 Å². The molecule has 1 saturated heterocycles. The Labute approximate surface area is 201 Å². The predicted molar refractivity (Wildman–Crippen MR) is 135 cm³/mol. The Morgan fingerprint density at radius 3 is 2.57 bits per heavy atom. The average molecular weight is 467 g/mol. The van der Waals surface area contributed by atoms with E-state index in [4.69, 9.17) is 4.74 Å². The highest BCUT2D eigenvalue weighted by atomic mass is 19.1. The molecule has 7 nitrogen and oxygen atoms in total. The molecule has 0 bridgehead atoms. The van der Waals surface area contributed by atoms with Crippen LogP contribution in [0.2, 0.25) is 0 Å². The second-order valence-electron chi connectivity index (χ2n) is 8.35. The zero-order valence-corrected chi connectivity index (χ0v) is 18.9. The lowest BCUT2D eigenvalue weighted by Gasteiger charge is -2.31. The van der Waals surface area contributed by atoms with Crippen molar-refractivity contribution in [1.29, 1.82) is 0 Å². The molecule has 2 N–H and O–H groups in total. The summed E-state index contributed by atoms with van der Waals surface area (Å²) in [5, 5.41) is 4.35. The molecule has 0 unspecified atom stereocenters. The third-order valence-electron chi connectivity index (χ3n) is 6.20. The van der Waals surface area contributed by atoms with E-state index in [0.717, 1.165) is 57.6 Å². The normalized spacial score (nSPS) is 13.8. The molecule has 8 heteroatoms. The number of nitrogens with zero attached hydrogens (tertiary/aromatic N) is 4. The Morgan fingerprint density at radius 1 is 0.914 bits per heavy atom. The molecule has 2 aromatic carbocycles. The largest absolute Gasteiger partial charge is 0.378 e. The summed E-state index contributed by atoms with van der Waals surface area (Å²) < 4.78 is 20.3. The number of H-pyrrole nitrogens is 1. The van der Waals surface area contributed by atoms with Crippen molar-refractivity contribution in [2.45, 2.75) is 0 Å². The maximum atomic E-state index is 14.7. The quantitative estimate of drug-likeness (QED) is 0.361. The summed E-state index contributed by atoms with van der Waals surface area (Å²) in [7, 11) is 0. The molecule has 1 aliphatic rings. The molecule has 1 aliphatic heterocycles. The zero-order valence-electron chi connectivity index (χ0n) is 18.9. The Balaban J connectivity index is 1.61. The Bertz CT molecular complexity index is 1470. The molecule has 0 spiro atoms. The van der Waals surface area contributed by atoms with Crippen molar-refractivity contribution in [2.24, 2.45) is 0 Å². The van der Waals surface area contributed by atoms with Gasteiger partial charge in [-0.25, -0.2) is 14.4 Å². The minimum Gasteiger partial charge on any atom is -0.378 e. The van der Waals surface area contributed by atoms with Gasteiger partial charge in [0, 0.05) is 60.5 Å². The summed E-state index contributed by atoms with van der Waals surface area (Å²) in [6, 6.07) is 15.0. The molecule has 0 aliphatic carbocycles. The number of aromatic amines is 1. The zero-order chi connectivity index (χ0) is 23.6. The van der Waals surface area contributed by atoms with Crippen LogP contribution >= 0.6 is 0 Å². The Hall–Kier alpha value is -4.30. The fraction of sp³-hybridized carbons (Fsp3) is 0.148. The van der Waals surface area contributed by atoms with Crippen molar-refractivity contribution in [3.8, 4) is 22.3 Å². The number of pyridine rings is 1. The number of anilines is 3. The van der Waals surface area contributed by atoms with Crippen LogP contribution in [0, 0.1) is 5.82 Å². The standard InChI is InChI=1S/C27H23FN6O/c28-19-13-22(20-4-8-30-24(20)14-19)23-16-26(34-9-11-35-12-10-34)25(33-27-31-6-2-7-32-27)15-21(23)18-3-1-5-29-17-18/h1-8,13-17,30H,9-12H2,(H,31,32,33). The van der Waals surface area contributed by atoms with Gasteiger partial charge in [-0.2, -0.15) is 0 Å². The summed E-state index contributed by atoms with van der Waals surface area (Å²) in [5.41, 5.74) is 6.20. The number of hydrogen-bond donors (Lipinski definition) is 2. The number of nitrogens with one attached hydrogen (secondary N) is 2. The molecule has 174 valence electrons. The topological polar surface area (TPSA) is 79.0 Å².